The second-order valence-electron chi connectivity index (χ2n) is 7.21. The standard InChI is InChI=1S/C23H20Cl2N4O3/c24-16-11-15(12-17(25)13-16)14-27-23(31)21-22(30)20-18(3-1-5-26-20)19(28-21)4-2-6-29-7-9-32-10-8-29/h1,3,5,11-13,30H,6-10,14H2,(H,27,31). The van der Waals surface area contributed by atoms with Crippen LogP contribution in [-0.4, -0.2) is 58.7 Å². The van der Waals surface area contributed by atoms with Crippen LogP contribution in [0.1, 0.15) is 21.7 Å². The van der Waals surface area contributed by atoms with Crippen molar-refractivity contribution >= 4 is 40.0 Å². The number of halogens is 2. The largest absolute Gasteiger partial charge is 0.504 e. The highest BCUT2D eigenvalue weighted by Gasteiger charge is 2.19. The fourth-order valence-electron chi connectivity index (χ4n) is 3.35. The lowest BCUT2D eigenvalue weighted by molar-refractivity contribution is 0.0443. The normalized spacial score (nSPS) is 14.1. The van der Waals surface area contributed by atoms with E-state index >= 15 is 0 Å². The third-order valence-corrected chi connectivity index (χ3v) is 5.38. The van der Waals surface area contributed by atoms with E-state index in [4.69, 9.17) is 27.9 Å². The third kappa shape index (κ3) is 5.29. The molecule has 1 fully saturated rings. The van der Waals surface area contributed by atoms with Gasteiger partial charge in [0.05, 0.1) is 19.8 Å². The van der Waals surface area contributed by atoms with Crippen LogP contribution in [0.4, 0.5) is 0 Å². The van der Waals surface area contributed by atoms with Gasteiger partial charge in [-0.1, -0.05) is 29.1 Å². The number of ether oxygens (including phenoxy) is 1. The monoisotopic (exact) mass is 470 g/mol. The Morgan fingerprint density at radius 1 is 1.22 bits per heavy atom. The fraction of sp³-hybridized carbons (Fsp3) is 0.261. The number of benzene rings is 1. The van der Waals surface area contributed by atoms with E-state index in [9.17, 15) is 9.90 Å². The molecule has 2 N–H and O–H groups in total. The van der Waals surface area contributed by atoms with Crippen LogP contribution in [0.2, 0.25) is 10.0 Å². The minimum absolute atomic E-state index is 0.139. The molecule has 0 unspecified atom stereocenters. The zero-order valence-corrected chi connectivity index (χ0v) is 18.6. The number of hydrogen-bond acceptors (Lipinski definition) is 6. The predicted octanol–water partition coefficient (Wildman–Crippen LogP) is 3.26. The van der Waals surface area contributed by atoms with Gasteiger partial charge >= 0.3 is 0 Å². The van der Waals surface area contributed by atoms with Crippen LogP contribution in [0.5, 0.6) is 5.75 Å². The minimum Gasteiger partial charge on any atom is -0.504 e. The molecule has 0 atom stereocenters. The number of morpholine rings is 1. The summed E-state index contributed by atoms with van der Waals surface area (Å²) in [6.45, 7) is 3.74. The molecule has 4 rings (SSSR count). The summed E-state index contributed by atoms with van der Waals surface area (Å²) in [6.07, 6.45) is 1.54. The number of pyridine rings is 2. The van der Waals surface area contributed by atoms with Gasteiger partial charge in [-0.05, 0) is 41.8 Å². The summed E-state index contributed by atoms with van der Waals surface area (Å²) < 4.78 is 5.35. The number of nitrogens with zero attached hydrogens (tertiary/aromatic N) is 3. The summed E-state index contributed by atoms with van der Waals surface area (Å²) in [5.41, 5.74) is 1.24. The van der Waals surface area contributed by atoms with E-state index in [1.807, 2.05) is 0 Å². The van der Waals surface area contributed by atoms with E-state index in [1.54, 1.807) is 36.5 Å². The molecule has 7 nitrogen and oxygen atoms in total. The van der Waals surface area contributed by atoms with Gasteiger partial charge in [-0.2, -0.15) is 0 Å². The lowest BCUT2D eigenvalue weighted by Crippen LogP contribution is -2.36. The topological polar surface area (TPSA) is 87.6 Å². The second-order valence-corrected chi connectivity index (χ2v) is 8.08. The van der Waals surface area contributed by atoms with Crippen LogP contribution < -0.4 is 5.32 Å². The highest BCUT2D eigenvalue weighted by molar-refractivity contribution is 6.34. The molecule has 0 aliphatic carbocycles. The molecule has 0 bridgehead atoms. The van der Waals surface area contributed by atoms with Crippen LogP contribution in [0.25, 0.3) is 10.9 Å². The Labute approximate surface area is 195 Å². The quantitative estimate of drug-likeness (QED) is 0.569. The molecule has 1 aromatic carbocycles. The smallest absolute Gasteiger partial charge is 0.274 e. The molecule has 9 heteroatoms. The highest BCUT2D eigenvalue weighted by Crippen LogP contribution is 2.27. The average Bonchev–Trinajstić information content (AvgIpc) is 2.79. The Balaban J connectivity index is 1.59. The molecule has 1 saturated heterocycles. The van der Waals surface area contributed by atoms with Gasteiger partial charge in [-0.15, -0.1) is 0 Å². The minimum atomic E-state index is -0.553. The first-order valence-electron chi connectivity index (χ1n) is 10.0. The van der Waals surface area contributed by atoms with Crippen molar-refractivity contribution in [3.05, 3.63) is 63.5 Å². The maximum Gasteiger partial charge on any atom is 0.274 e. The summed E-state index contributed by atoms with van der Waals surface area (Å²) >= 11 is 12.0. The predicted molar refractivity (Wildman–Crippen MR) is 123 cm³/mol. The summed E-state index contributed by atoms with van der Waals surface area (Å²) in [5.74, 6) is 5.30. The van der Waals surface area contributed by atoms with Crippen LogP contribution in [0.3, 0.4) is 0 Å². The number of fused-ring (bicyclic) bond motifs is 1. The third-order valence-electron chi connectivity index (χ3n) is 4.94. The van der Waals surface area contributed by atoms with E-state index < -0.39 is 5.91 Å². The molecule has 3 heterocycles. The van der Waals surface area contributed by atoms with Gasteiger partial charge in [-0.3, -0.25) is 14.7 Å². The van der Waals surface area contributed by atoms with Gasteiger partial charge in [0.1, 0.15) is 11.2 Å². The number of nitrogens with one attached hydrogen (secondary N) is 1. The number of carbonyl (C=O) groups excluding carboxylic acids is 1. The number of carbonyl (C=O) groups is 1. The van der Waals surface area contributed by atoms with Crippen molar-refractivity contribution in [2.75, 3.05) is 32.8 Å². The molecule has 0 spiro atoms. The van der Waals surface area contributed by atoms with Crippen molar-refractivity contribution in [2.45, 2.75) is 6.54 Å². The average molecular weight is 471 g/mol. The van der Waals surface area contributed by atoms with Gasteiger partial charge in [0, 0.05) is 41.3 Å². The number of hydrogen-bond donors (Lipinski definition) is 2. The molecule has 3 aromatic rings. The van der Waals surface area contributed by atoms with Crippen molar-refractivity contribution < 1.29 is 14.6 Å². The molecular weight excluding hydrogens is 451 g/mol. The van der Waals surface area contributed by atoms with E-state index in [-0.39, 0.29) is 23.5 Å². The number of aromatic hydroxyl groups is 1. The fourth-order valence-corrected chi connectivity index (χ4v) is 3.92. The first-order valence-corrected chi connectivity index (χ1v) is 10.8. The van der Waals surface area contributed by atoms with Gasteiger partial charge in [-0.25, -0.2) is 4.98 Å². The van der Waals surface area contributed by atoms with Gasteiger partial charge < -0.3 is 15.2 Å². The van der Waals surface area contributed by atoms with Crippen molar-refractivity contribution in [3.8, 4) is 17.6 Å². The summed E-state index contributed by atoms with van der Waals surface area (Å²) in [4.78, 5) is 23.6. The Hall–Kier alpha value is -2.89. The SMILES string of the molecule is O=C(NCc1cc(Cl)cc(Cl)c1)c1nc(C#CCN2CCOCC2)c2cccnc2c1O. The molecule has 1 aliphatic heterocycles. The van der Waals surface area contributed by atoms with E-state index in [0.29, 0.717) is 40.9 Å². The van der Waals surface area contributed by atoms with Crippen LogP contribution in [0.15, 0.2) is 36.5 Å². The number of aromatic nitrogens is 2. The Kier molecular flexibility index (Phi) is 7.08. The first-order chi connectivity index (χ1) is 15.5. The molecule has 0 saturated carbocycles. The molecular formula is C23H20Cl2N4O3. The van der Waals surface area contributed by atoms with Crippen molar-refractivity contribution in [2.24, 2.45) is 0 Å². The highest BCUT2D eigenvalue weighted by atomic mass is 35.5. The maximum absolute atomic E-state index is 12.8. The zero-order chi connectivity index (χ0) is 22.5. The molecule has 2 aromatic heterocycles. The van der Waals surface area contributed by atoms with Crippen LogP contribution in [-0.2, 0) is 11.3 Å². The van der Waals surface area contributed by atoms with Gasteiger partial charge in [0.15, 0.2) is 11.4 Å². The van der Waals surface area contributed by atoms with Crippen LogP contribution in [0, 0.1) is 11.8 Å². The van der Waals surface area contributed by atoms with E-state index in [2.05, 4.69) is 32.0 Å². The second kappa shape index (κ2) is 10.2. The lowest BCUT2D eigenvalue weighted by Gasteiger charge is -2.24. The molecule has 32 heavy (non-hydrogen) atoms. The zero-order valence-electron chi connectivity index (χ0n) is 17.1. The van der Waals surface area contributed by atoms with E-state index in [0.717, 1.165) is 18.7 Å². The Morgan fingerprint density at radius 2 is 1.97 bits per heavy atom. The van der Waals surface area contributed by atoms with Crippen molar-refractivity contribution in [1.29, 1.82) is 0 Å². The Bertz CT molecular complexity index is 1200. The molecule has 1 amide bonds. The molecule has 164 valence electrons. The van der Waals surface area contributed by atoms with Crippen LogP contribution >= 0.6 is 23.2 Å². The molecule has 0 radical (unpaired) electrons. The first kappa shape index (κ1) is 22.3. The summed E-state index contributed by atoms with van der Waals surface area (Å²) in [5, 5.41) is 14.9. The summed E-state index contributed by atoms with van der Waals surface area (Å²) in [7, 11) is 0. The molecule has 1 aliphatic rings. The Morgan fingerprint density at radius 3 is 2.72 bits per heavy atom. The van der Waals surface area contributed by atoms with Crippen molar-refractivity contribution in [1.82, 2.24) is 20.2 Å². The summed E-state index contributed by atoms with van der Waals surface area (Å²) in [6, 6.07) is 8.51. The van der Waals surface area contributed by atoms with Crippen molar-refractivity contribution in [3.63, 3.8) is 0 Å². The number of amides is 1. The van der Waals surface area contributed by atoms with Gasteiger partial charge in [0.25, 0.3) is 5.91 Å². The lowest BCUT2D eigenvalue weighted by atomic mass is 10.1. The van der Waals surface area contributed by atoms with Gasteiger partial charge in [0.2, 0.25) is 0 Å². The van der Waals surface area contributed by atoms with E-state index in [1.165, 1.54) is 0 Å². The number of rotatable bonds is 4. The maximum atomic E-state index is 12.8.